The van der Waals surface area contributed by atoms with Crippen molar-refractivity contribution in [1.82, 2.24) is 14.9 Å². The molecule has 1 amide bonds. The quantitative estimate of drug-likeness (QED) is 0.291. The van der Waals surface area contributed by atoms with Gasteiger partial charge in [0, 0.05) is 9.64 Å². The van der Waals surface area contributed by atoms with Gasteiger partial charge in [-0.15, -0.1) is 0 Å². The van der Waals surface area contributed by atoms with Gasteiger partial charge in [0.25, 0.3) is 5.91 Å². The van der Waals surface area contributed by atoms with Crippen LogP contribution in [0.15, 0.2) is 36.8 Å². The van der Waals surface area contributed by atoms with Crippen molar-refractivity contribution in [3.8, 4) is 0 Å². The van der Waals surface area contributed by atoms with E-state index in [1.54, 1.807) is 6.07 Å². The molecule has 3 N–H and O–H groups in total. The molecule has 136 valence electrons. The lowest BCUT2D eigenvalue weighted by Gasteiger charge is -2.16. The number of imidazole rings is 1. The summed E-state index contributed by atoms with van der Waals surface area (Å²) in [5.74, 6) is -2.29. The Labute approximate surface area is 160 Å². The van der Waals surface area contributed by atoms with Crippen LogP contribution in [0.5, 0.6) is 0 Å². The Kier molecular flexibility index (Phi) is 5.64. The number of fused-ring (bicyclic) bond motifs is 1. The fraction of sp³-hybridized carbons (Fsp3) is 0.125. The largest absolute Gasteiger partial charge is 0.394 e. The van der Waals surface area contributed by atoms with Gasteiger partial charge in [-0.05, 0) is 40.8 Å². The Bertz CT molecular complexity index is 964. The molecule has 0 saturated heterocycles. The number of hydrogen-bond donors (Lipinski definition) is 3. The van der Waals surface area contributed by atoms with E-state index >= 15 is 0 Å². The lowest BCUT2D eigenvalue weighted by Crippen LogP contribution is -2.27. The highest BCUT2D eigenvalue weighted by atomic mass is 127. The van der Waals surface area contributed by atoms with Crippen molar-refractivity contribution >= 4 is 45.5 Å². The van der Waals surface area contributed by atoms with Crippen LogP contribution in [-0.4, -0.2) is 33.6 Å². The van der Waals surface area contributed by atoms with Gasteiger partial charge in [0.2, 0.25) is 0 Å². The lowest BCUT2D eigenvalue weighted by molar-refractivity contribution is 0.0166. The third-order valence-corrected chi connectivity index (χ3v) is 4.10. The molecule has 0 fully saturated rings. The molecule has 0 spiro atoms. The molecule has 26 heavy (non-hydrogen) atoms. The summed E-state index contributed by atoms with van der Waals surface area (Å²) in [5, 5.41) is 11.5. The number of nitrogens with one attached hydrogen (secondary N) is 2. The number of aliphatic hydroxyl groups excluding tert-OH is 1. The summed E-state index contributed by atoms with van der Waals surface area (Å²) < 4.78 is 30.9. The van der Waals surface area contributed by atoms with Gasteiger partial charge in [0.1, 0.15) is 29.3 Å². The third kappa shape index (κ3) is 3.76. The predicted molar refractivity (Wildman–Crippen MR) is 98.1 cm³/mol. The maximum Gasteiger partial charge on any atom is 0.281 e. The maximum absolute atomic E-state index is 14.5. The predicted octanol–water partition coefficient (Wildman–Crippen LogP) is 2.61. The summed E-state index contributed by atoms with van der Waals surface area (Å²) in [6, 6.07) is 5.58. The summed E-state index contributed by atoms with van der Waals surface area (Å²) in [5.41, 5.74) is 2.10. The van der Waals surface area contributed by atoms with Crippen molar-refractivity contribution in [1.29, 1.82) is 0 Å². The van der Waals surface area contributed by atoms with Gasteiger partial charge in [0.05, 0.1) is 30.6 Å². The van der Waals surface area contributed by atoms with Crippen LogP contribution in [0.25, 0.3) is 5.52 Å². The van der Waals surface area contributed by atoms with Crippen LogP contribution < -0.4 is 10.8 Å². The van der Waals surface area contributed by atoms with Gasteiger partial charge in [-0.3, -0.25) is 14.0 Å². The van der Waals surface area contributed by atoms with Crippen LogP contribution in [0.3, 0.4) is 0 Å². The summed E-state index contributed by atoms with van der Waals surface area (Å²) in [6.45, 7) is -0.475. The molecule has 7 nitrogen and oxygen atoms in total. The van der Waals surface area contributed by atoms with Gasteiger partial charge in [0.15, 0.2) is 0 Å². The zero-order valence-electron chi connectivity index (χ0n) is 13.2. The summed E-state index contributed by atoms with van der Waals surface area (Å²) in [4.78, 5) is 21.0. The molecule has 10 heteroatoms. The van der Waals surface area contributed by atoms with Crippen molar-refractivity contribution in [3.63, 3.8) is 0 Å². The molecule has 3 rings (SSSR count). The number of pyridine rings is 1. The van der Waals surface area contributed by atoms with Gasteiger partial charge in [-0.25, -0.2) is 19.2 Å². The highest BCUT2D eigenvalue weighted by molar-refractivity contribution is 14.1. The lowest BCUT2D eigenvalue weighted by atomic mass is 10.2. The number of amides is 1. The molecule has 0 atom stereocenters. The van der Waals surface area contributed by atoms with E-state index in [9.17, 15) is 13.6 Å². The average Bonchev–Trinajstić information content (AvgIpc) is 3.05. The van der Waals surface area contributed by atoms with Crippen molar-refractivity contribution in [2.75, 3.05) is 18.5 Å². The van der Waals surface area contributed by atoms with Crippen molar-refractivity contribution in [3.05, 3.63) is 57.6 Å². The standard InChI is InChI=1S/C16H13F2IN4O3/c17-11-5-9(19)1-2-13(11)21-15-14(16(25)22-26-4-3-24)12(18)6-10-7-20-8-23(10)15/h1-2,5-8,21,24H,3-4H2,(H,22,25). The van der Waals surface area contributed by atoms with E-state index in [0.29, 0.717) is 9.09 Å². The van der Waals surface area contributed by atoms with Crippen LogP contribution in [0.1, 0.15) is 10.4 Å². The molecule has 0 bridgehead atoms. The fourth-order valence-corrected chi connectivity index (χ4v) is 2.76. The Morgan fingerprint density at radius 3 is 2.85 bits per heavy atom. The van der Waals surface area contributed by atoms with Crippen molar-refractivity contribution in [2.45, 2.75) is 0 Å². The zero-order valence-corrected chi connectivity index (χ0v) is 15.3. The smallest absolute Gasteiger partial charge is 0.281 e. The number of nitrogens with zero attached hydrogens (tertiary/aromatic N) is 2. The molecule has 1 aromatic carbocycles. The molecule has 3 aromatic rings. The second kappa shape index (κ2) is 7.93. The van der Waals surface area contributed by atoms with E-state index in [-0.39, 0.29) is 30.3 Å². The minimum Gasteiger partial charge on any atom is -0.394 e. The Hall–Kier alpha value is -2.31. The summed E-state index contributed by atoms with van der Waals surface area (Å²) in [7, 11) is 0. The van der Waals surface area contributed by atoms with E-state index < -0.39 is 17.5 Å². The van der Waals surface area contributed by atoms with E-state index in [4.69, 9.17) is 9.94 Å². The maximum atomic E-state index is 14.5. The number of carbonyl (C=O) groups excluding carboxylic acids is 1. The third-order valence-electron chi connectivity index (χ3n) is 3.43. The van der Waals surface area contributed by atoms with E-state index in [0.717, 1.165) is 6.07 Å². The van der Waals surface area contributed by atoms with Crippen LogP contribution in [0.2, 0.25) is 0 Å². The second-order valence-corrected chi connectivity index (χ2v) is 6.40. The topological polar surface area (TPSA) is 87.9 Å². The number of aromatic nitrogens is 2. The number of hydroxylamine groups is 1. The molecule has 0 unspecified atom stereocenters. The van der Waals surface area contributed by atoms with E-state index in [1.165, 1.54) is 29.1 Å². The van der Waals surface area contributed by atoms with Gasteiger partial charge < -0.3 is 10.4 Å². The van der Waals surface area contributed by atoms with E-state index in [2.05, 4.69) is 10.3 Å². The molecule has 0 radical (unpaired) electrons. The SMILES string of the molecule is O=C(NOCCO)c1c(F)cc2cncn2c1Nc1ccc(I)cc1F. The molecular weight excluding hydrogens is 461 g/mol. The first kappa shape index (κ1) is 18.5. The Morgan fingerprint density at radius 1 is 1.31 bits per heavy atom. The first-order chi connectivity index (χ1) is 12.5. The molecule has 0 aliphatic heterocycles. The number of aliphatic hydroxyl groups is 1. The number of carbonyl (C=O) groups is 1. The molecule has 2 aromatic heterocycles. The zero-order chi connectivity index (χ0) is 18.7. The van der Waals surface area contributed by atoms with Gasteiger partial charge >= 0.3 is 0 Å². The second-order valence-electron chi connectivity index (χ2n) is 5.16. The normalized spacial score (nSPS) is 10.9. The monoisotopic (exact) mass is 474 g/mol. The molecule has 0 saturated carbocycles. The van der Waals surface area contributed by atoms with Crippen LogP contribution in [0, 0.1) is 15.2 Å². The summed E-state index contributed by atoms with van der Waals surface area (Å²) in [6.07, 6.45) is 2.77. The minimum absolute atomic E-state index is 0.0114. The fourth-order valence-electron chi connectivity index (χ4n) is 2.30. The Morgan fingerprint density at radius 2 is 2.12 bits per heavy atom. The highest BCUT2D eigenvalue weighted by Gasteiger charge is 2.22. The van der Waals surface area contributed by atoms with E-state index in [1.807, 2.05) is 28.1 Å². The number of rotatable bonds is 6. The van der Waals surface area contributed by atoms with Crippen LogP contribution in [0.4, 0.5) is 20.3 Å². The number of benzene rings is 1. The number of hydrogen-bond acceptors (Lipinski definition) is 5. The number of halogens is 3. The van der Waals surface area contributed by atoms with Gasteiger partial charge in [-0.1, -0.05) is 0 Å². The molecule has 0 aliphatic carbocycles. The Balaban J connectivity index is 2.07. The minimum atomic E-state index is -0.889. The summed E-state index contributed by atoms with van der Waals surface area (Å²) >= 11 is 1.96. The van der Waals surface area contributed by atoms with Gasteiger partial charge in [-0.2, -0.15) is 0 Å². The first-order valence-corrected chi connectivity index (χ1v) is 8.48. The number of anilines is 2. The average molecular weight is 474 g/mol. The van der Waals surface area contributed by atoms with Crippen molar-refractivity contribution < 1.29 is 23.5 Å². The van der Waals surface area contributed by atoms with Crippen LogP contribution >= 0.6 is 22.6 Å². The molecule has 0 aliphatic rings. The van der Waals surface area contributed by atoms with Crippen LogP contribution in [-0.2, 0) is 4.84 Å². The van der Waals surface area contributed by atoms with Crippen molar-refractivity contribution in [2.24, 2.45) is 0 Å². The molecule has 2 heterocycles. The highest BCUT2D eigenvalue weighted by Crippen LogP contribution is 2.27. The first-order valence-electron chi connectivity index (χ1n) is 7.41. The molecular formula is C16H13F2IN4O3.